The van der Waals surface area contributed by atoms with Gasteiger partial charge in [0.15, 0.2) is 63.9 Å². The van der Waals surface area contributed by atoms with E-state index >= 15 is 0 Å². The molecule has 54 heteroatoms. The number of para-hydroxylation sites is 1. The first kappa shape index (κ1) is 114. The van der Waals surface area contributed by atoms with Gasteiger partial charge >= 0.3 is 65.6 Å². The number of carboxylic acid groups (broad SMARTS) is 1. The van der Waals surface area contributed by atoms with Crippen molar-refractivity contribution in [1.82, 2.24) is 74.8 Å². The fourth-order valence-electron chi connectivity index (χ4n) is 10.7. The van der Waals surface area contributed by atoms with Crippen LogP contribution in [0.1, 0.15) is 114 Å². The number of anilines is 15. The van der Waals surface area contributed by atoms with Gasteiger partial charge in [-0.3, -0.25) is 20.2 Å². The number of aromatic carboxylic acids is 1. The summed E-state index contributed by atoms with van der Waals surface area (Å²) in [5.41, 5.74) is 2.27. The van der Waals surface area contributed by atoms with E-state index in [1.54, 1.807) is 37.8 Å². The van der Waals surface area contributed by atoms with E-state index in [-0.39, 0.29) is 94.5 Å². The van der Waals surface area contributed by atoms with Crippen LogP contribution in [0.15, 0.2) is 127 Å². The minimum absolute atomic E-state index is 0.0107. The maximum Gasteiger partial charge on any atom is 0.335 e. The molecule has 10 rings (SSSR count). The molecule has 0 saturated heterocycles. The van der Waals surface area contributed by atoms with Crippen LogP contribution in [0, 0.1) is 26.0 Å². The fraction of sp³-hybridized carbons (Fsp3) is 0.465. The van der Waals surface area contributed by atoms with Gasteiger partial charge in [0.05, 0.1) is 15.4 Å². The van der Waals surface area contributed by atoms with Crippen LogP contribution >= 0.6 is 0 Å². The summed E-state index contributed by atoms with van der Waals surface area (Å²) in [6.07, 6.45) is -11.9. The lowest BCUT2D eigenvalue weighted by Gasteiger charge is -2.21. The third-order valence-electron chi connectivity index (χ3n) is 19.3. The predicted molar refractivity (Wildman–Crippen MR) is 491 cm³/mol. The van der Waals surface area contributed by atoms with Gasteiger partial charge in [0.1, 0.15) is 5.82 Å². The number of rotatable bonds is 48. The second-order valence-corrected chi connectivity index (χ2v) is 29.4. The van der Waals surface area contributed by atoms with E-state index < -0.39 is 127 Å². The van der Waals surface area contributed by atoms with Crippen LogP contribution in [-0.4, -0.2) is 255 Å². The van der Waals surface area contributed by atoms with Crippen LogP contribution in [0.3, 0.4) is 0 Å². The first-order valence-electron chi connectivity index (χ1n) is 43.3. The number of hydrogen-bond donors (Lipinski definition) is 6. The smallest absolute Gasteiger partial charge is 0.335 e. The summed E-state index contributed by atoms with van der Waals surface area (Å²) < 4.78 is 238. The molecule has 10 aromatic rings. The summed E-state index contributed by atoms with van der Waals surface area (Å²) in [6, 6.07) is 29.5. The number of nitrogens with one attached hydrogen (secondary N) is 5. The molecule has 0 aliphatic heterocycles. The predicted octanol–water partition coefficient (Wildman–Crippen LogP) is 18.8. The third-order valence-corrected chi connectivity index (χ3v) is 19.3. The highest BCUT2D eigenvalue weighted by molar-refractivity contribution is 5.88. The second-order valence-electron chi connectivity index (χ2n) is 29.4. The lowest BCUT2D eigenvalue weighted by molar-refractivity contribution is -0.385. The molecular formula is C86H107F16N27O11. The van der Waals surface area contributed by atoms with Gasteiger partial charge in [0, 0.05) is 118 Å². The van der Waals surface area contributed by atoms with Crippen LogP contribution in [0.2, 0.25) is 0 Å². The summed E-state index contributed by atoms with van der Waals surface area (Å²) in [7, 11) is 0. The molecule has 5 aromatic heterocycles. The highest BCUT2D eigenvalue weighted by atomic mass is 19.3. The molecule has 5 atom stereocenters. The van der Waals surface area contributed by atoms with Crippen molar-refractivity contribution in [2.45, 2.75) is 164 Å². The zero-order chi connectivity index (χ0) is 104. The number of carbonyl (C=O) groups is 1. The van der Waals surface area contributed by atoms with Crippen LogP contribution in [0.25, 0.3) is 0 Å². The third kappa shape index (κ3) is 36.3. The summed E-state index contributed by atoms with van der Waals surface area (Å²) in [4.78, 5) is 101. The molecule has 140 heavy (non-hydrogen) atoms. The molecule has 0 radical (unpaired) electrons. The van der Waals surface area contributed by atoms with Crippen molar-refractivity contribution in [2.24, 2.45) is 0 Å². The van der Waals surface area contributed by atoms with Gasteiger partial charge in [0.25, 0.3) is 11.4 Å². The van der Waals surface area contributed by atoms with Gasteiger partial charge in [-0.25, -0.2) is 31.1 Å². The lowest BCUT2D eigenvalue weighted by Crippen LogP contribution is -2.35. The average Bonchev–Trinajstić information content (AvgIpc) is 0.832. The Bertz CT molecular complexity index is 5350. The van der Waals surface area contributed by atoms with Gasteiger partial charge in [-0.1, -0.05) is 24.3 Å². The van der Waals surface area contributed by atoms with Crippen LogP contribution in [-0.2, 0) is 0 Å². The van der Waals surface area contributed by atoms with E-state index in [1.807, 2.05) is 92.3 Å². The molecule has 764 valence electrons. The van der Waals surface area contributed by atoms with Gasteiger partial charge in [-0.05, 0) is 183 Å². The molecule has 38 nitrogen and oxygen atoms in total. The Balaban J connectivity index is 0.000000268. The maximum atomic E-state index is 13.5. The second kappa shape index (κ2) is 53.9. The van der Waals surface area contributed by atoms with E-state index in [1.165, 1.54) is 91.0 Å². The molecule has 0 bridgehead atoms. The van der Waals surface area contributed by atoms with Crippen molar-refractivity contribution in [2.75, 3.05) is 150 Å². The minimum atomic E-state index is -3.71. The summed E-state index contributed by atoms with van der Waals surface area (Å²) in [6.45, 7) is 21.9. The van der Waals surface area contributed by atoms with Crippen molar-refractivity contribution in [1.29, 1.82) is 0 Å². The SMILES string of the molecule is CCN(CC)c1nc(Nc2ccc(C(=O)O)cc2)nc(OCC(F)(F)C(C)F)n1.CCN(CC)c1nc(Nc2ccc(F)cc2)nc(OCC(F)(F)C(C)F)n1.CCN(CC)c1nc(Nc2ccc([N+](=O)[O-])cc2)nc(OCC(F)(F)C(C)F)n1.CCN(CC)c1nc(Nc2cccc([N+](=O)[O-])c2)nc(OCC(F)(F)C(C)F)n1.CCN(CC)c1nc(Nc2ccccc2)nc(OCC(F)(F)C(C)F)n1. The van der Waals surface area contributed by atoms with E-state index in [9.17, 15) is 95.3 Å². The van der Waals surface area contributed by atoms with Gasteiger partial charge in [-0.2, -0.15) is 119 Å². The molecule has 0 amide bonds. The van der Waals surface area contributed by atoms with Crippen molar-refractivity contribution < 1.29 is 114 Å². The normalized spacial score (nSPS) is 12.4. The van der Waals surface area contributed by atoms with Crippen molar-refractivity contribution >= 4 is 105 Å². The molecule has 5 aromatic carbocycles. The largest absolute Gasteiger partial charge is 0.478 e. The molecule has 0 saturated carbocycles. The highest BCUT2D eigenvalue weighted by Gasteiger charge is 2.43. The van der Waals surface area contributed by atoms with Gasteiger partial charge in [-0.15, -0.1) is 0 Å². The van der Waals surface area contributed by atoms with Crippen LogP contribution in [0.4, 0.5) is 170 Å². The quantitative estimate of drug-likeness (QED) is 0.0117. The molecule has 6 N–H and O–H groups in total. The number of aromatic nitrogens is 15. The molecular weight excluding hydrogens is 1890 g/mol. The minimum Gasteiger partial charge on any atom is -0.478 e. The monoisotopic (exact) mass is 2000 g/mol. The number of benzene rings is 5. The Morgan fingerprint density at radius 1 is 0.321 bits per heavy atom. The first-order valence-corrected chi connectivity index (χ1v) is 43.3. The summed E-state index contributed by atoms with van der Waals surface area (Å²) in [5, 5.41) is 44.9. The summed E-state index contributed by atoms with van der Waals surface area (Å²) in [5.74, 6) is -18.7. The number of ether oxygens (including phenoxy) is 5. The molecule has 0 fully saturated rings. The molecule has 0 aliphatic rings. The number of carboxylic acids is 1. The molecule has 0 spiro atoms. The fourth-order valence-corrected chi connectivity index (χ4v) is 10.7. The Morgan fingerprint density at radius 3 is 0.771 bits per heavy atom. The number of non-ortho nitro benzene ring substituents is 2. The Labute approximate surface area is 793 Å². The standard InChI is InChI=1S/C18H22F3N5O3.C17H21F4N5O.2C17H21F3N6O3.C17H22F3N5O/c1-4-26(5-2)16-23-15(22-13-8-6-12(7-9-13)14(27)28)24-17(25-16)29-10-18(20,21)11(3)19;1-4-26(5-2)15-23-14(22-13-8-6-12(19)7-9-13)24-16(25-15)27-10-17(20,21)11(3)18;1-4-25(5-2)15-22-14(21-12-6-8-13(9-7-12)26(27)28)23-16(24-15)29-10-17(19,20)11(3)18;1-4-25(5-2)15-22-14(21-12-7-6-8-13(9-12)26(27)28)23-16(24-15)29-10-17(19,20)11(3)18;1-4-25(5-2)15-22-14(21-13-9-7-6-8-10-13)23-16(24-15)26-11-17(19,20)12(3)18/h6-9,11H,4-5,10H2,1-3H3,(H,27,28)(H,22,23,24,25);6-9,11H,4-5,10H2,1-3H3,(H,22,23,24,25);2*6-9,11H,4-5,10H2,1-3H3,(H,21,22,23,24);6-10,12H,4-5,11H2,1-3H3,(H,21,22,23,24). The maximum absolute atomic E-state index is 13.5. The zero-order valence-electron chi connectivity index (χ0n) is 78.5. The highest BCUT2D eigenvalue weighted by Crippen LogP contribution is 2.33. The van der Waals surface area contributed by atoms with E-state index in [0.717, 1.165) is 40.3 Å². The van der Waals surface area contributed by atoms with E-state index in [4.69, 9.17) is 28.8 Å². The van der Waals surface area contributed by atoms with Crippen LogP contribution < -0.4 is 74.8 Å². The summed E-state index contributed by atoms with van der Waals surface area (Å²) >= 11 is 0. The molecule has 5 heterocycles. The molecule has 0 aliphatic carbocycles. The Morgan fingerprint density at radius 2 is 0.543 bits per heavy atom. The van der Waals surface area contributed by atoms with Gasteiger partial charge in [0.2, 0.25) is 59.5 Å². The van der Waals surface area contributed by atoms with E-state index in [0.29, 0.717) is 88.2 Å². The van der Waals surface area contributed by atoms with Crippen molar-refractivity contribution in [3.8, 4) is 30.1 Å². The number of alkyl halides is 15. The number of halogens is 16. The average molecular weight is 2000 g/mol. The van der Waals surface area contributed by atoms with Crippen LogP contribution in [0.5, 0.6) is 30.1 Å². The Kier molecular flexibility index (Phi) is 43.9. The van der Waals surface area contributed by atoms with E-state index in [2.05, 4.69) is 101 Å². The molecule has 5 unspecified atom stereocenters. The number of nitrogens with zero attached hydrogens (tertiary/aromatic N) is 22. The van der Waals surface area contributed by atoms with Crippen molar-refractivity contribution in [3.63, 3.8) is 0 Å². The number of nitro benzene ring substituents is 2. The Hall–Kier alpha value is -14.7. The zero-order valence-corrected chi connectivity index (χ0v) is 78.5. The number of hydrogen-bond acceptors (Lipinski definition) is 35. The first-order chi connectivity index (χ1) is 66.1. The lowest BCUT2D eigenvalue weighted by atomic mass is 10.2. The number of nitro groups is 2. The topological polar surface area (TPSA) is 439 Å². The van der Waals surface area contributed by atoms with Crippen molar-refractivity contribution in [3.05, 3.63) is 159 Å². The van der Waals surface area contributed by atoms with Gasteiger partial charge < -0.3 is 79.9 Å².